The van der Waals surface area contributed by atoms with Gasteiger partial charge in [0.2, 0.25) is 0 Å². The Morgan fingerprint density at radius 3 is 2.80 bits per heavy atom. The molecule has 1 aromatic heterocycles. The van der Waals surface area contributed by atoms with E-state index in [-0.39, 0.29) is 12.0 Å². The number of hydrogen-bond donors (Lipinski definition) is 2. The van der Waals surface area contributed by atoms with Gasteiger partial charge in [-0.05, 0) is 11.8 Å². The zero-order valence-electron chi connectivity index (χ0n) is 9.82. The molecule has 0 amide bonds. The van der Waals surface area contributed by atoms with Crippen LogP contribution in [-0.4, -0.2) is 28.0 Å². The second-order valence-corrected chi connectivity index (χ2v) is 4.76. The van der Waals surface area contributed by atoms with Gasteiger partial charge in [0.15, 0.2) is 0 Å². The summed E-state index contributed by atoms with van der Waals surface area (Å²) in [7, 11) is 1.92. The molecule has 1 heterocycles. The number of aromatic nitrogens is 2. The van der Waals surface area contributed by atoms with Gasteiger partial charge in [-0.15, -0.1) is 0 Å². The number of aliphatic hydroxyl groups is 1. The number of hydrogen-bond acceptors (Lipinski definition) is 3. The van der Waals surface area contributed by atoms with Gasteiger partial charge in [-0.1, -0.05) is 13.8 Å². The minimum absolute atomic E-state index is 0.150. The van der Waals surface area contributed by atoms with Crippen molar-refractivity contribution in [1.82, 2.24) is 15.1 Å². The average Bonchev–Trinajstić information content (AvgIpc) is 2.51. The SMILES string of the molecule is Cn1cc(CNCC(C)(C)CCO)cn1. The van der Waals surface area contributed by atoms with Crippen molar-refractivity contribution in [3.05, 3.63) is 18.0 Å². The first-order chi connectivity index (χ1) is 7.03. The van der Waals surface area contributed by atoms with Crippen LogP contribution in [0.2, 0.25) is 0 Å². The lowest BCUT2D eigenvalue weighted by molar-refractivity contribution is 0.207. The average molecular weight is 211 g/mol. The Bertz CT molecular complexity index is 294. The molecule has 4 heteroatoms. The summed E-state index contributed by atoms with van der Waals surface area (Å²) in [5.41, 5.74) is 1.34. The van der Waals surface area contributed by atoms with Crippen molar-refractivity contribution in [3.8, 4) is 0 Å². The van der Waals surface area contributed by atoms with Gasteiger partial charge in [0, 0.05) is 38.5 Å². The lowest BCUT2D eigenvalue weighted by Crippen LogP contribution is -2.29. The van der Waals surface area contributed by atoms with E-state index in [1.54, 1.807) is 4.68 Å². The second-order valence-electron chi connectivity index (χ2n) is 4.76. The maximum Gasteiger partial charge on any atom is 0.0534 e. The summed E-state index contributed by atoms with van der Waals surface area (Å²) in [5, 5.41) is 16.4. The Morgan fingerprint density at radius 1 is 1.53 bits per heavy atom. The van der Waals surface area contributed by atoms with E-state index < -0.39 is 0 Å². The van der Waals surface area contributed by atoms with Crippen LogP contribution in [0.5, 0.6) is 0 Å². The fourth-order valence-corrected chi connectivity index (χ4v) is 1.50. The van der Waals surface area contributed by atoms with Crippen LogP contribution < -0.4 is 5.32 Å². The van der Waals surface area contributed by atoms with Crippen LogP contribution in [0.15, 0.2) is 12.4 Å². The minimum Gasteiger partial charge on any atom is -0.396 e. The summed E-state index contributed by atoms with van der Waals surface area (Å²) < 4.78 is 1.80. The van der Waals surface area contributed by atoms with Crippen LogP contribution in [0.1, 0.15) is 25.8 Å². The molecule has 0 saturated carbocycles. The number of aryl methyl sites for hydroxylation is 1. The molecule has 0 saturated heterocycles. The number of nitrogens with zero attached hydrogens (tertiary/aromatic N) is 2. The molecule has 1 aromatic rings. The molecule has 0 aliphatic heterocycles. The van der Waals surface area contributed by atoms with Crippen LogP contribution in [-0.2, 0) is 13.6 Å². The maximum atomic E-state index is 8.88. The van der Waals surface area contributed by atoms with Crippen LogP contribution in [0.4, 0.5) is 0 Å². The third-order valence-electron chi connectivity index (χ3n) is 2.48. The van der Waals surface area contributed by atoms with Gasteiger partial charge in [-0.2, -0.15) is 5.10 Å². The maximum absolute atomic E-state index is 8.88. The van der Waals surface area contributed by atoms with E-state index in [1.807, 2.05) is 19.4 Å². The number of rotatable bonds is 6. The van der Waals surface area contributed by atoms with Crippen LogP contribution in [0.25, 0.3) is 0 Å². The van der Waals surface area contributed by atoms with E-state index in [0.717, 1.165) is 19.5 Å². The molecule has 2 N–H and O–H groups in total. The molecule has 4 nitrogen and oxygen atoms in total. The zero-order chi connectivity index (χ0) is 11.3. The molecule has 0 atom stereocenters. The molecule has 0 unspecified atom stereocenters. The largest absolute Gasteiger partial charge is 0.396 e. The van der Waals surface area contributed by atoms with Crippen molar-refractivity contribution >= 4 is 0 Å². The summed E-state index contributed by atoms with van der Waals surface area (Å²) in [6, 6.07) is 0. The smallest absolute Gasteiger partial charge is 0.0534 e. The highest BCUT2D eigenvalue weighted by atomic mass is 16.3. The third kappa shape index (κ3) is 4.44. The molecule has 0 fully saturated rings. The standard InChI is InChI=1S/C11H21N3O/c1-11(2,4-5-15)9-12-6-10-7-13-14(3)8-10/h7-8,12,15H,4-6,9H2,1-3H3. The molecule has 0 aliphatic rings. The fourth-order valence-electron chi connectivity index (χ4n) is 1.50. The van der Waals surface area contributed by atoms with Crippen LogP contribution in [0, 0.1) is 5.41 Å². The minimum atomic E-state index is 0.150. The molecule has 86 valence electrons. The summed E-state index contributed by atoms with van der Waals surface area (Å²) in [6.07, 6.45) is 4.70. The number of nitrogens with one attached hydrogen (secondary N) is 1. The first-order valence-electron chi connectivity index (χ1n) is 5.32. The zero-order valence-corrected chi connectivity index (χ0v) is 9.82. The highest BCUT2D eigenvalue weighted by Crippen LogP contribution is 2.18. The van der Waals surface area contributed by atoms with Crippen molar-refractivity contribution in [2.24, 2.45) is 12.5 Å². The summed E-state index contributed by atoms with van der Waals surface area (Å²) in [5.74, 6) is 0. The topological polar surface area (TPSA) is 50.1 Å². The molecule has 0 aromatic carbocycles. The predicted molar refractivity (Wildman–Crippen MR) is 60.4 cm³/mol. The summed E-state index contributed by atoms with van der Waals surface area (Å²) >= 11 is 0. The molecule has 15 heavy (non-hydrogen) atoms. The molecular weight excluding hydrogens is 190 g/mol. The van der Waals surface area contributed by atoms with Gasteiger partial charge in [0.25, 0.3) is 0 Å². The third-order valence-corrected chi connectivity index (χ3v) is 2.48. The normalized spacial score (nSPS) is 12.0. The Morgan fingerprint density at radius 2 is 2.27 bits per heavy atom. The van der Waals surface area contributed by atoms with Crippen molar-refractivity contribution in [3.63, 3.8) is 0 Å². The Hall–Kier alpha value is -0.870. The van der Waals surface area contributed by atoms with Crippen molar-refractivity contribution in [2.45, 2.75) is 26.8 Å². The van der Waals surface area contributed by atoms with Gasteiger partial charge in [-0.3, -0.25) is 4.68 Å². The lowest BCUT2D eigenvalue weighted by atomic mass is 9.90. The van der Waals surface area contributed by atoms with Gasteiger partial charge >= 0.3 is 0 Å². The van der Waals surface area contributed by atoms with E-state index in [9.17, 15) is 0 Å². The quantitative estimate of drug-likeness (QED) is 0.735. The van der Waals surface area contributed by atoms with Crippen LogP contribution in [0.3, 0.4) is 0 Å². The van der Waals surface area contributed by atoms with E-state index in [4.69, 9.17) is 5.11 Å². The second kappa shape index (κ2) is 5.28. The Labute approximate surface area is 91.3 Å². The number of aliphatic hydroxyl groups excluding tert-OH is 1. The van der Waals surface area contributed by atoms with Gasteiger partial charge in [-0.25, -0.2) is 0 Å². The lowest BCUT2D eigenvalue weighted by Gasteiger charge is -2.23. The van der Waals surface area contributed by atoms with Crippen molar-refractivity contribution < 1.29 is 5.11 Å². The summed E-state index contributed by atoms with van der Waals surface area (Å²) in [4.78, 5) is 0. The monoisotopic (exact) mass is 211 g/mol. The van der Waals surface area contributed by atoms with E-state index in [1.165, 1.54) is 5.56 Å². The first-order valence-corrected chi connectivity index (χ1v) is 5.32. The molecular formula is C11H21N3O. The van der Waals surface area contributed by atoms with Gasteiger partial charge in [0.1, 0.15) is 0 Å². The first kappa shape index (κ1) is 12.2. The van der Waals surface area contributed by atoms with Crippen LogP contribution >= 0.6 is 0 Å². The molecule has 0 bridgehead atoms. The fraction of sp³-hybridized carbons (Fsp3) is 0.727. The summed E-state index contributed by atoms with van der Waals surface area (Å²) in [6.45, 7) is 6.30. The highest BCUT2D eigenvalue weighted by Gasteiger charge is 2.16. The van der Waals surface area contributed by atoms with Gasteiger partial charge in [0.05, 0.1) is 6.20 Å². The van der Waals surface area contributed by atoms with E-state index in [2.05, 4.69) is 24.3 Å². The molecule has 1 rings (SSSR count). The Kier molecular flexibility index (Phi) is 4.29. The Balaban J connectivity index is 2.27. The molecule has 0 radical (unpaired) electrons. The van der Waals surface area contributed by atoms with Crippen molar-refractivity contribution in [1.29, 1.82) is 0 Å². The van der Waals surface area contributed by atoms with Gasteiger partial charge < -0.3 is 10.4 Å². The van der Waals surface area contributed by atoms with Crippen molar-refractivity contribution in [2.75, 3.05) is 13.2 Å². The molecule has 0 aliphatic carbocycles. The van der Waals surface area contributed by atoms with E-state index >= 15 is 0 Å². The highest BCUT2D eigenvalue weighted by molar-refractivity contribution is 5.02. The predicted octanol–water partition coefficient (Wildman–Crippen LogP) is 0.918. The van der Waals surface area contributed by atoms with E-state index in [0.29, 0.717) is 0 Å². The molecule has 0 spiro atoms.